The summed E-state index contributed by atoms with van der Waals surface area (Å²) in [6.07, 6.45) is 2.64. The molecule has 86 valence electrons. The lowest BCUT2D eigenvalue weighted by Crippen LogP contribution is -2.47. The molecule has 0 saturated carbocycles. The zero-order valence-corrected chi connectivity index (χ0v) is 10.0. The molecule has 14 heavy (non-hydrogen) atoms. The minimum absolute atomic E-state index is 0. The maximum atomic E-state index is 5.33. The Hall–Kier alpha value is 0.460. The molecule has 2 aliphatic heterocycles. The van der Waals surface area contributed by atoms with Crippen molar-refractivity contribution < 1.29 is 4.74 Å². The standard InChI is InChI=1S/C9H18N2O.2ClH/c1-3-10-4-2-9(1)11-5-7-12-8-6-11;;/h9-10H,1-8H2;2*1H. The van der Waals surface area contributed by atoms with Crippen LogP contribution < -0.4 is 5.32 Å². The minimum atomic E-state index is 0. The van der Waals surface area contributed by atoms with Crippen LogP contribution >= 0.6 is 24.8 Å². The van der Waals surface area contributed by atoms with Crippen LogP contribution in [0.15, 0.2) is 0 Å². The number of piperidine rings is 1. The van der Waals surface area contributed by atoms with Crippen molar-refractivity contribution in [2.45, 2.75) is 18.9 Å². The van der Waals surface area contributed by atoms with Crippen LogP contribution in [0.2, 0.25) is 0 Å². The van der Waals surface area contributed by atoms with E-state index in [1.54, 1.807) is 0 Å². The van der Waals surface area contributed by atoms with Crippen LogP contribution in [-0.2, 0) is 4.74 Å². The second kappa shape index (κ2) is 7.71. The van der Waals surface area contributed by atoms with E-state index in [4.69, 9.17) is 4.74 Å². The van der Waals surface area contributed by atoms with Gasteiger partial charge in [-0.3, -0.25) is 4.90 Å². The summed E-state index contributed by atoms with van der Waals surface area (Å²) >= 11 is 0. The third-order valence-corrected chi connectivity index (χ3v) is 2.87. The van der Waals surface area contributed by atoms with Gasteiger partial charge in [0.2, 0.25) is 0 Å². The van der Waals surface area contributed by atoms with Crippen LogP contribution in [0, 0.1) is 0 Å². The molecule has 0 atom stereocenters. The average Bonchev–Trinajstić information content (AvgIpc) is 2.21. The van der Waals surface area contributed by atoms with E-state index in [9.17, 15) is 0 Å². The van der Waals surface area contributed by atoms with Gasteiger partial charge < -0.3 is 10.1 Å². The number of rotatable bonds is 1. The van der Waals surface area contributed by atoms with Crippen molar-refractivity contribution in [3.63, 3.8) is 0 Å². The second-order valence-corrected chi connectivity index (χ2v) is 3.63. The predicted octanol–water partition coefficient (Wildman–Crippen LogP) is 0.914. The maximum absolute atomic E-state index is 5.33. The number of nitrogens with zero attached hydrogens (tertiary/aromatic N) is 1. The molecule has 1 N–H and O–H groups in total. The third-order valence-electron chi connectivity index (χ3n) is 2.87. The Morgan fingerprint density at radius 3 is 2.14 bits per heavy atom. The number of halogens is 2. The van der Waals surface area contributed by atoms with Gasteiger partial charge in [0.1, 0.15) is 0 Å². The summed E-state index contributed by atoms with van der Waals surface area (Å²) < 4.78 is 5.33. The molecule has 0 spiro atoms. The predicted molar refractivity (Wildman–Crippen MR) is 62.8 cm³/mol. The fraction of sp³-hybridized carbons (Fsp3) is 1.00. The molecular formula is C9H20Cl2N2O. The molecule has 0 aromatic heterocycles. The van der Waals surface area contributed by atoms with Crippen molar-refractivity contribution >= 4 is 24.8 Å². The van der Waals surface area contributed by atoms with Gasteiger partial charge in [0.05, 0.1) is 13.2 Å². The number of nitrogens with one attached hydrogen (secondary N) is 1. The monoisotopic (exact) mass is 242 g/mol. The Kier molecular flexibility index (Phi) is 7.97. The Labute approximate surface area is 98.4 Å². The van der Waals surface area contributed by atoms with Crippen LogP contribution in [-0.4, -0.2) is 50.3 Å². The van der Waals surface area contributed by atoms with E-state index in [1.165, 1.54) is 25.9 Å². The van der Waals surface area contributed by atoms with Gasteiger partial charge in [0, 0.05) is 19.1 Å². The molecule has 0 radical (unpaired) electrons. The van der Waals surface area contributed by atoms with E-state index in [1.807, 2.05) is 0 Å². The summed E-state index contributed by atoms with van der Waals surface area (Å²) in [5, 5.41) is 3.40. The van der Waals surface area contributed by atoms with Gasteiger partial charge in [-0.05, 0) is 25.9 Å². The quantitative estimate of drug-likeness (QED) is 0.741. The highest BCUT2D eigenvalue weighted by molar-refractivity contribution is 5.85. The molecule has 0 unspecified atom stereocenters. The molecule has 0 amide bonds. The average molecular weight is 243 g/mol. The largest absolute Gasteiger partial charge is 0.379 e. The number of hydrogen-bond donors (Lipinski definition) is 1. The summed E-state index contributed by atoms with van der Waals surface area (Å²) in [4.78, 5) is 2.59. The summed E-state index contributed by atoms with van der Waals surface area (Å²) in [5.74, 6) is 0. The van der Waals surface area contributed by atoms with Gasteiger partial charge in [0.25, 0.3) is 0 Å². The highest BCUT2D eigenvalue weighted by Crippen LogP contribution is 2.12. The van der Waals surface area contributed by atoms with E-state index in [-0.39, 0.29) is 24.8 Å². The normalized spacial score (nSPS) is 24.9. The van der Waals surface area contributed by atoms with Gasteiger partial charge >= 0.3 is 0 Å². The Bertz CT molecular complexity index is 121. The molecule has 0 bridgehead atoms. The van der Waals surface area contributed by atoms with Crippen molar-refractivity contribution in [1.82, 2.24) is 10.2 Å². The zero-order chi connectivity index (χ0) is 8.23. The smallest absolute Gasteiger partial charge is 0.0594 e. The van der Waals surface area contributed by atoms with Crippen molar-refractivity contribution in [2.75, 3.05) is 39.4 Å². The van der Waals surface area contributed by atoms with Crippen molar-refractivity contribution in [1.29, 1.82) is 0 Å². The van der Waals surface area contributed by atoms with Crippen LogP contribution in [0.5, 0.6) is 0 Å². The highest BCUT2D eigenvalue weighted by atomic mass is 35.5. The first kappa shape index (κ1) is 14.5. The Morgan fingerprint density at radius 1 is 1.00 bits per heavy atom. The van der Waals surface area contributed by atoms with Crippen LogP contribution in [0.3, 0.4) is 0 Å². The van der Waals surface area contributed by atoms with E-state index >= 15 is 0 Å². The van der Waals surface area contributed by atoms with E-state index < -0.39 is 0 Å². The van der Waals surface area contributed by atoms with Crippen LogP contribution in [0.25, 0.3) is 0 Å². The summed E-state index contributed by atoms with van der Waals surface area (Å²) in [6, 6.07) is 0.829. The van der Waals surface area contributed by atoms with Crippen molar-refractivity contribution in [2.24, 2.45) is 0 Å². The van der Waals surface area contributed by atoms with Gasteiger partial charge in [-0.1, -0.05) is 0 Å². The molecule has 2 aliphatic rings. The van der Waals surface area contributed by atoms with Gasteiger partial charge in [-0.25, -0.2) is 0 Å². The van der Waals surface area contributed by atoms with Gasteiger partial charge in [0.15, 0.2) is 0 Å². The maximum Gasteiger partial charge on any atom is 0.0594 e. The SMILES string of the molecule is C1CC(N2CCOCC2)CCN1.Cl.Cl. The number of morpholine rings is 1. The highest BCUT2D eigenvalue weighted by Gasteiger charge is 2.21. The fourth-order valence-corrected chi connectivity index (χ4v) is 2.11. The first-order valence-corrected chi connectivity index (χ1v) is 4.99. The third kappa shape index (κ3) is 3.91. The molecular weight excluding hydrogens is 223 g/mol. The fourth-order valence-electron chi connectivity index (χ4n) is 2.11. The second-order valence-electron chi connectivity index (χ2n) is 3.63. The van der Waals surface area contributed by atoms with E-state index in [0.717, 1.165) is 32.3 Å². The Balaban J connectivity index is 0.000000845. The molecule has 0 aromatic carbocycles. The molecule has 2 rings (SSSR count). The van der Waals surface area contributed by atoms with Gasteiger partial charge in [-0.15, -0.1) is 24.8 Å². The number of hydrogen-bond acceptors (Lipinski definition) is 3. The lowest BCUT2D eigenvalue weighted by molar-refractivity contribution is 0.0101. The van der Waals surface area contributed by atoms with Crippen molar-refractivity contribution in [3.8, 4) is 0 Å². The number of ether oxygens (including phenoxy) is 1. The van der Waals surface area contributed by atoms with Crippen molar-refractivity contribution in [3.05, 3.63) is 0 Å². The molecule has 0 aliphatic carbocycles. The molecule has 3 nitrogen and oxygen atoms in total. The Morgan fingerprint density at radius 2 is 1.57 bits per heavy atom. The first-order valence-electron chi connectivity index (χ1n) is 4.99. The minimum Gasteiger partial charge on any atom is -0.379 e. The van der Waals surface area contributed by atoms with Gasteiger partial charge in [-0.2, -0.15) is 0 Å². The summed E-state index contributed by atoms with van der Waals surface area (Å²) in [6.45, 7) is 6.55. The first-order chi connectivity index (χ1) is 5.97. The van der Waals surface area contributed by atoms with E-state index in [2.05, 4.69) is 10.2 Å². The van der Waals surface area contributed by atoms with Crippen LogP contribution in [0.4, 0.5) is 0 Å². The molecule has 0 aromatic rings. The lowest BCUT2D eigenvalue weighted by Gasteiger charge is -2.36. The van der Waals surface area contributed by atoms with Crippen LogP contribution in [0.1, 0.15) is 12.8 Å². The lowest BCUT2D eigenvalue weighted by atomic mass is 10.0. The summed E-state index contributed by atoms with van der Waals surface area (Å²) in [5.41, 5.74) is 0. The molecule has 5 heteroatoms. The topological polar surface area (TPSA) is 24.5 Å². The zero-order valence-electron chi connectivity index (χ0n) is 8.41. The summed E-state index contributed by atoms with van der Waals surface area (Å²) in [7, 11) is 0. The van der Waals surface area contributed by atoms with E-state index in [0.29, 0.717) is 0 Å². The molecule has 2 heterocycles. The molecule has 2 fully saturated rings. The molecule has 2 saturated heterocycles.